The number of methoxy groups -OCH3 is 1. The molecule has 194 valence electrons. The summed E-state index contributed by atoms with van der Waals surface area (Å²) in [5.74, 6) is 1.23. The van der Waals surface area contributed by atoms with Crippen LogP contribution < -0.4 is 16.4 Å². The number of benzene rings is 1. The molecule has 1 aromatic rings. The Kier molecular flexibility index (Phi) is 16.4. The molecule has 4 atom stereocenters. The van der Waals surface area contributed by atoms with E-state index < -0.39 is 12.0 Å². The Morgan fingerprint density at radius 3 is 2.56 bits per heavy atom. The van der Waals surface area contributed by atoms with E-state index in [1.54, 1.807) is 11.8 Å². The van der Waals surface area contributed by atoms with Crippen LogP contribution in [0.15, 0.2) is 30.3 Å². The highest BCUT2D eigenvalue weighted by atomic mass is 32.2. The van der Waals surface area contributed by atoms with Crippen LogP contribution in [0.2, 0.25) is 0 Å². The number of nitrogens with two attached hydrogens (primary N) is 1. The second-order valence-corrected chi connectivity index (χ2v) is 10.1. The lowest BCUT2D eigenvalue weighted by Crippen LogP contribution is -2.52. The molecule has 0 unspecified atom stereocenters. The first-order valence-corrected chi connectivity index (χ1v) is 14.1. The summed E-state index contributed by atoms with van der Waals surface area (Å²) in [6.07, 6.45) is 4.38. The van der Waals surface area contributed by atoms with Gasteiger partial charge in [-0.05, 0) is 36.3 Å². The average molecular weight is 513 g/mol. The fourth-order valence-electron chi connectivity index (χ4n) is 3.61. The molecule has 0 saturated carbocycles. The normalized spacial score (nSPS) is 14.9. The molecule has 34 heavy (non-hydrogen) atoms. The molecule has 0 aliphatic rings. The maximum absolute atomic E-state index is 13.0. The van der Waals surface area contributed by atoms with Gasteiger partial charge >= 0.3 is 5.97 Å². The van der Waals surface area contributed by atoms with Crippen molar-refractivity contribution in [1.82, 2.24) is 15.5 Å². The minimum Gasteiger partial charge on any atom is -0.467 e. The van der Waals surface area contributed by atoms with Crippen molar-refractivity contribution in [3.63, 3.8) is 0 Å². The number of amides is 1. The minimum atomic E-state index is -0.627. The zero-order valence-electron chi connectivity index (χ0n) is 21.2. The zero-order valence-corrected chi connectivity index (χ0v) is 22.9. The Morgan fingerprint density at radius 2 is 1.97 bits per heavy atom. The number of thiol groups is 1. The summed E-state index contributed by atoms with van der Waals surface area (Å²) in [7, 11) is 1.35. The van der Waals surface area contributed by atoms with Crippen LogP contribution in [0.25, 0.3) is 0 Å². The molecule has 9 heteroatoms. The molecule has 0 spiro atoms. The molecule has 1 amide bonds. The number of ether oxygens (including phenoxy) is 1. The topological polar surface area (TPSA) is 96.7 Å². The summed E-state index contributed by atoms with van der Waals surface area (Å²) in [4.78, 5) is 27.3. The SMILES string of the molecule is CC[C@H](C)[C@@H](CN(CCc1ccccc1)CC(=O)N[C@@H](CCSC)C(=O)OC)NC[C@@H](N)CS. The molecule has 0 radical (unpaired) electrons. The standard InChI is InChI=1S/C25H44N4O3S2/c1-5-19(2)23(27-15-21(26)18-33)16-29(13-11-20-9-7-6-8-10-20)17-24(30)28-22(12-14-34-4)25(31)32-3/h6-10,19,21-23,27,33H,5,11-18,26H2,1-4H3,(H,28,30)/t19-,21+,22-,23+/m0/s1. The molecule has 0 bridgehead atoms. The fourth-order valence-corrected chi connectivity index (χ4v) is 4.21. The Balaban J connectivity index is 2.91. The van der Waals surface area contributed by atoms with E-state index in [0.29, 0.717) is 31.2 Å². The largest absolute Gasteiger partial charge is 0.467 e. The molecule has 0 heterocycles. The number of carbonyl (C=O) groups is 2. The van der Waals surface area contributed by atoms with Gasteiger partial charge in [-0.2, -0.15) is 24.4 Å². The fraction of sp³-hybridized carbons (Fsp3) is 0.680. The van der Waals surface area contributed by atoms with E-state index in [-0.39, 0.29) is 24.5 Å². The van der Waals surface area contributed by atoms with Crippen molar-refractivity contribution in [1.29, 1.82) is 0 Å². The molecule has 1 rings (SSSR count). The number of rotatable bonds is 18. The third kappa shape index (κ3) is 12.4. The van der Waals surface area contributed by atoms with Crippen LogP contribution in [-0.2, 0) is 20.7 Å². The third-order valence-electron chi connectivity index (χ3n) is 6.02. The van der Waals surface area contributed by atoms with Crippen molar-refractivity contribution < 1.29 is 14.3 Å². The summed E-state index contributed by atoms with van der Waals surface area (Å²) in [5, 5.41) is 6.48. The second-order valence-electron chi connectivity index (χ2n) is 8.74. The van der Waals surface area contributed by atoms with E-state index in [0.717, 1.165) is 25.1 Å². The first-order valence-electron chi connectivity index (χ1n) is 12.1. The Hall–Kier alpha value is -1.26. The summed E-state index contributed by atoms with van der Waals surface area (Å²) in [5.41, 5.74) is 7.31. The number of carbonyl (C=O) groups excluding carboxylic acids is 2. The molecule has 7 nitrogen and oxygen atoms in total. The lowest BCUT2D eigenvalue weighted by atomic mass is 9.98. The quantitative estimate of drug-likeness (QED) is 0.177. The van der Waals surface area contributed by atoms with Crippen LogP contribution in [-0.4, -0.2) is 86.0 Å². The van der Waals surface area contributed by atoms with E-state index >= 15 is 0 Å². The molecule has 0 aliphatic carbocycles. The zero-order chi connectivity index (χ0) is 25.3. The monoisotopic (exact) mass is 512 g/mol. The molecule has 4 N–H and O–H groups in total. The van der Waals surface area contributed by atoms with Gasteiger partial charge in [0.1, 0.15) is 6.04 Å². The van der Waals surface area contributed by atoms with Gasteiger partial charge in [0, 0.05) is 37.5 Å². The minimum absolute atomic E-state index is 0.0202. The molecule has 0 fully saturated rings. The lowest BCUT2D eigenvalue weighted by molar-refractivity contribution is -0.145. The van der Waals surface area contributed by atoms with Crippen molar-refractivity contribution in [3.8, 4) is 0 Å². The van der Waals surface area contributed by atoms with Crippen LogP contribution >= 0.6 is 24.4 Å². The third-order valence-corrected chi connectivity index (χ3v) is 7.13. The maximum atomic E-state index is 13.0. The first kappa shape index (κ1) is 30.8. The molecular weight excluding hydrogens is 468 g/mol. The highest BCUT2D eigenvalue weighted by molar-refractivity contribution is 7.98. The van der Waals surface area contributed by atoms with E-state index in [1.165, 1.54) is 12.7 Å². The molecule has 1 aromatic carbocycles. The first-order chi connectivity index (χ1) is 16.3. The summed E-state index contributed by atoms with van der Waals surface area (Å²) < 4.78 is 4.89. The van der Waals surface area contributed by atoms with Gasteiger partial charge < -0.3 is 21.1 Å². The van der Waals surface area contributed by atoms with E-state index in [4.69, 9.17) is 10.5 Å². The van der Waals surface area contributed by atoms with Crippen LogP contribution in [0, 0.1) is 5.92 Å². The highest BCUT2D eigenvalue weighted by Gasteiger charge is 2.25. The van der Waals surface area contributed by atoms with Crippen molar-refractivity contribution in [2.45, 2.75) is 51.2 Å². The predicted molar refractivity (Wildman–Crippen MR) is 147 cm³/mol. The van der Waals surface area contributed by atoms with Gasteiger partial charge in [-0.15, -0.1) is 0 Å². The number of nitrogens with zero attached hydrogens (tertiary/aromatic N) is 1. The highest BCUT2D eigenvalue weighted by Crippen LogP contribution is 2.11. The maximum Gasteiger partial charge on any atom is 0.328 e. The molecule has 0 aliphatic heterocycles. The summed E-state index contributed by atoms with van der Waals surface area (Å²) in [6.45, 7) is 6.73. The van der Waals surface area contributed by atoms with Crippen molar-refractivity contribution in [3.05, 3.63) is 35.9 Å². The number of hydrogen-bond donors (Lipinski definition) is 4. The summed E-state index contributed by atoms with van der Waals surface area (Å²) >= 11 is 5.93. The van der Waals surface area contributed by atoms with Gasteiger partial charge in [-0.25, -0.2) is 4.79 Å². The van der Waals surface area contributed by atoms with Crippen LogP contribution in [0.3, 0.4) is 0 Å². The van der Waals surface area contributed by atoms with Crippen LogP contribution in [0.4, 0.5) is 0 Å². The van der Waals surface area contributed by atoms with Crippen LogP contribution in [0.1, 0.15) is 32.3 Å². The average Bonchev–Trinajstić information content (AvgIpc) is 2.86. The summed E-state index contributed by atoms with van der Waals surface area (Å²) in [6, 6.07) is 9.80. The van der Waals surface area contributed by atoms with Gasteiger partial charge in [0.05, 0.1) is 13.7 Å². The smallest absolute Gasteiger partial charge is 0.328 e. The van der Waals surface area contributed by atoms with Crippen molar-refractivity contribution in [2.24, 2.45) is 11.7 Å². The Labute approximate surface area is 215 Å². The Morgan fingerprint density at radius 1 is 1.26 bits per heavy atom. The van der Waals surface area contributed by atoms with E-state index in [1.807, 2.05) is 24.5 Å². The molecular formula is C25H44N4O3S2. The predicted octanol–water partition coefficient (Wildman–Crippen LogP) is 2.20. The van der Waals surface area contributed by atoms with E-state index in [2.05, 4.69) is 54.1 Å². The number of nitrogens with one attached hydrogen (secondary N) is 2. The van der Waals surface area contributed by atoms with Crippen molar-refractivity contribution in [2.75, 3.05) is 51.1 Å². The molecule has 0 aromatic heterocycles. The lowest BCUT2D eigenvalue weighted by Gasteiger charge is -2.32. The van der Waals surface area contributed by atoms with Gasteiger partial charge in [-0.3, -0.25) is 9.69 Å². The molecule has 0 saturated heterocycles. The number of hydrogen-bond acceptors (Lipinski definition) is 8. The Bertz CT molecular complexity index is 696. The van der Waals surface area contributed by atoms with Crippen molar-refractivity contribution >= 4 is 36.3 Å². The van der Waals surface area contributed by atoms with Crippen LogP contribution in [0.5, 0.6) is 0 Å². The number of thioether (sulfide) groups is 1. The van der Waals surface area contributed by atoms with Gasteiger partial charge in [0.15, 0.2) is 0 Å². The second kappa shape index (κ2) is 18.1. The van der Waals surface area contributed by atoms with E-state index in [9.17, 15) is 9.59 Å². The van der Waals surface area contributed by atoms with Gasteiger partial charge in [0.25, 0.3) is 0 Å². The van der Waals surface area contributed by atoms with Gasteiger partial charge in [-0.1, -0.05) is 50.6 Å². The van der Waals surface area contributed by atoms with Gasteiger partial charge in [0.2, 0.25) is 5.91 Å². The number of esters is 1.